The Bertz CT molecular complexity index is 144. The molecular weight excluding hydrogens is 170 g/mol. The van der Waals surface area contributed by atoms with E-state index in [0.29, 0.717) is 0 Å². The van der Waals surface area contributed by atoms with Crippen molar-refractivity contribution < 1.29 is 0 Å². The Labute approximate surface area is 89.9 Å². The highest BCUT2D eigenvalue weighted by molar-refractivity contribution is 4.76. The van der Waals surface area contributed by atoms with Gasteiger partial charge in [-0.3, -0.25) is 0 Å². The van der Waals surface area contributed by atoms with Crippen LogP contribution in [0.4, 0.5) is 0 Å². The van der Waals surface area contributed by atoms with Crippen molar-refractivity contribution in [3.8, 4) is 0 Å². The van der Waals surface area contributed by atoms with E-state index >= 15 is 0 Å². The smallest absolute Gasteiger partial charge is 0.00675 e. The molecular formula is C13H27N. The molecule has 0 bridgehead atoms. The maximum atomic E-state index is 2.68. The molecule has 1 fully saturated rings. The SMILES string of the molecule is CCCCCC(C)CN1CCC[C@H]1C. The number of hydrogen-bond donors (Lipinski definition) is 0. The molecule has 0 saturated carbocycles. The third-order valence-electron chi connectivity index (χ3n) is 3.54. The van der Waals surface area contributed by atoms with Crippen LogP contribution in [0, 0.1) is 5.92 Å². The molecule has 0 N–H and O–H groups in total. The first-order chi connectivity index (χ1) is 6.74. The van der Waals surface area contributed by atoms with Crippen molar-refractivity contribution in [2.75, 3.05) is 13.1 Å². The van der Waals surface area contributed by atoms with Gasteiger partial charge >= 0.3 is 0 Å². The highest BCUT2D eigenvalue weighted by Crippen LogP contribution is 2.19. The van der Waals surface area contributed by atoms with Gasteiger partial charge in [0.2, 0.25) is 0 Å². The van der Waals surface area contributed by atoms with Gasteiger partial charge < -0.3 is 4.90 Å². The van der Waals surface area contributed by atoms with Gasteiger partial charge in [0, 0.05) is 12.6 Å². The second-order valence-corrected chi connectivity index (χ2v) is 5.09. The normalized spacial score (nSPS) is 25.5. The van der Waals surface area contributed by atoms with Crippen LogP contribution in [-0.4, -0.2) is 24.0 Å². The Balaban J connectivity index is 2.09. The zero-order valence-corrected chi connectivity index (χ0v) is 10.3. The quantitative estimate of drug-likeness (QED) is 0.587. The van der Waals surface area contributed by atoms with Gasteiger partial charge in [0.05, 0.1) is 0 Å². The van der Waals surface area contributed by atoms with E-state index in [2.05, 4.69) is 25.7 Å². The summed E-state index contributed by atoms with van der Waals surface area (Å²) in [5, 5.41) is 0. The van der Waals surface area contributed by atoms with Crippen molar-refractivity contribution in [3.05, 3.63) is 0 Å². The first-order valence-electron chi connectivity index (χ1n) is 6.48. The minimum Gasteiger partial charge on any atom is -0.300 e. The molecule has 0 amide bonds. The molecule has 0 aromatic carbocycles. The van der Waals surface area contributed by atoms with Crippen molar-refractivity contribution in [3.63, 3.8) is 0 Å². The number of rotatable bonds is 6. The van der Waals surface area contributed by atoms with Gasteiger partial charge in [0.25, 0.3) is 0 Å². The van der Waals surface area contributed by atoms with Crippen molar-refractivity contribution in [2.45, 2.75) is 65.3 Å². The summed E-state index contributed by atoms with van der Waals surface area (Å²) in [7, 11) is 0. The fourth-order valence-electron chi connectivity index (χ4n) is 2.50. The Hall–Kier alpha value is -0.0400. The monoisotopic (exact) mass is 197 g/mol. The summed E-state index contributed by atoms with van der Waals surface area (Å²) in [6.45, 7) is 9.77. The van der Waals surface area contributed by atoms with Gasteiger partial charge in [-0.15, -0.1) is 0 Å². The van der Waals surface area contributed by atoms with Crippen molar-refractivity contribution in [1.82, 2.24) is 4.90 Å². The summed E-state index contributed by atoms with van der Waals surface area (Å²) in [6.07, 6.45) is 8.47. The van der Waals surface area contributed by atoms with Gasteiger partial charge in [0.1, 0.15) is 0 Å². The van der Waals surface area contributed by atoms with E-state index in [1.165, 1.54) is 51.6 Å². The molecule has 0 aromatic rings. The van der Waals surface area contributed by atoms with E-state index in [0.717, 1.165) is 12.0 Å². The molecule has 1 heteroatoms. The van der Waals surface area contributed by atoms with E-state index < -0.39 is 0 Å². The molecule has 1 heterocycles. The van der Waals surface area contributed by atoms with Crippen LogP contribution in [0.25, 0.3) is 0 Å². The zero-order chi connectivity index (χ0) is 10.4. The van der Waals surface area contributed by atoms with Crippen LogP contribution in [0.2, 0.25) is 0 Å². The highest BCUT2D eigenvalue weighted by Gasteiger charge is 2.21. The molecule has 1 rings (SSSR count). The number of nitrogens with zero attached hydrogens (tertiary/aromatic N) is 1. The number of unbranched alkanes of at least 4 members (excludes halogenated alkanes) is 2. The molecule has 1 unspecified atom stereocenters. The van der Waals surface area contributed by atoms with Crippen molar-refractivity contribution >= 4 is 0 Å². The molecule has 0 aromatic heterocycles. The van der Waals surface area contributed by atoms with E-state index in [1.807, 2.05) is 0 Å². The first-order valence-corrected chi connectivity index (χ1v) is 6.48. The molecule has 0 radical (unpaired) electrons. The Kier molecular flexibility index (Phi) is 5.54. The fourth-order valence-corrected chi connectivity index (χ4v) is 2.50. The zero-order valence-electron chi connectivity index (χ0n) is 10.3. The first kappa shape index (κ1) is 12.0. The lowest BCUT2D eigenvalue weighted by atomic mass is 10.0. The number of hydrogen-bond acceptors (Lipinski definition) is 1. The molecule has 1 saturated heterocycles. The van der Waals surface area contributed by atoms with Gasteiger partial charge in [-0.25, -0.2) is 0 Å². The fraction of sp³-hybridized carbons (Fsp3) is 1.00. The van der Waals surface area contributed by atoms with E-state index in [1.54, 1.807) is 0 Å². The van der Waals surface area contributed by atoms with Crippen LogP contribution in [-0.2, 0) is 0 Å². The lowest BCUT2D eigenvalue weighted by Crippen LogP contribution is -2.31. The standard InChI is InChI=1S/C13H27N/c1-4-5-6-8-12(2)11-14-10-7-9-13(14)3/h12-13H,4-11H2,1-3H3/t12?,13-/m1/s1. The number of likely N-dealkylation sites (tertiary alicyclic amines) is 1. The lowest BCUT2D eigenvalue weighted by molar-refractivity contribution is 0.225. The third-order valence-corrected chi connectivity index (χ3v) is 3.54. The molecule has 1 nitrogen and oxygen atoms in total. The largest absolute Gasteiger partial charge is 0.300 e. The maximum absolute atomic E-state index is 2.68. The lowest BCUT2D eigenvalue weighted by Gasteiger charge is -2.24. The van der Waals surface area contributed by atoms with Crippen LogP contribution in [0.3, 0.4) is 0 Å². The van der Waals surface area contributed by atoms with Crippen LogP contribution >= 0.6 is 0 Å². The summed E-state index contributed by atoms with van der Waals surface area (Å²) < 4.78 is 0. The summed E-state index contributed by atoms with van der Waals surface area (Å²) >= 11 is 0. The predicted octanol–water partition coefficient (Wildman–Crippen LogP) is 3.69. The van der Waals surface area contributed by atoms with Crippen LogP contribution in [0.5, 0.6) is 0 Å². The van der Waals surface area contributed by atoms with Crippen LogP contribution in [0.15, 0.2) is 0 Å². The average Bonchev–Trinajstić information content (AvgIpc) is 2.52. The maximum Gasteiger partial charge on any atom is 0.00675 e. The average molecular weight is 197 g/mol. The Morgan fingerprint density at radius 2 is 2.14 bits per heavy atom. The Morgan fingerprint density at radius 3 is 2.71 bits per heavy atom. The van der Waals surface area contributed by atoms with Gasteiger partial charge in [-0.1, -0.05) is 33.1 Å². The minimum absolute atomic E-state index is 0.851. The molecule has 1 aliphatic rings. The predicted molar refractivity (Wildman–Crippen MR) is 63.6 cm³/mol. The topological polar surface area (TPSA) is 3.24 Å². The summed E-state index contributed by atoms with van der Waals surface area (Å²) in [6, 6.07) is 0.851. The highest BCUT2D eigenvalue weighted by atomic mass is 15.2. The molecule has 84 valence electrons. The second kappa shape index (κ2) is 6.44. The summed E-state index contributed by atoms with van der Waals surface area (Å²) in [5.74, 6) is 0.905. The third kappa shape index (κ3) is 4.00. The van der Waals surface area contributed by atoms with E-state index in [9.17, 15) is 0 Å². The van der Waals surface area contributed by atoms with Gasteiger partial charge in [-0.2, -0.15) is 0 Å². The van der Waals surface area contributed by atoms with Crippen LogP contribution in [0.1, 0.15) is 59.3 Å². The summed E-state index contributed by atoms with van der Waals surface area (Å²) in [4.78, 5) is 2.68. The molecule has 0 aliphatic carbocycles. The van der Waals surface area contributed by atoms with Crippen molar-refractivity contribution in [2.24, 2.45) is 5.92 Å². The minimum atomic E-state index is 0.851. The molecule has 2 atom stereocenters. The van der Waals surface area contributed by atoms with Crippen LogP contribution < -0.4 is 0 Å². The molecule has 1 aliphatic heterocycles. The van der Waals surface area contributed by atoms with Gasteiger partial charge in [-0.05, 0) is 38.6 Å². The summed E-state index contributed by atoms with van der Waals surface area (Å²) in [5.41, 5.74) is 0. The molecule has 14 heavy (non-hydrogen) atoms. The van der Waals surface area contributed by atoms with Gasteiger partial charge in [0.15, 0.2) is 0 Å². The van der Waals surface area contributed by atoms with E-state index in [4.69, 9.17) is 0 Å². The van der Waals surface area contributed by atoms with E-state index in [-0.39, 0.29) is 0 Å². The van der Waals surface area contributed by atoms with Crippen molar-refractivity contribution in [1.29, 1.82) is 0 Å². The molecule has 0 spiro atoms. The Morgan fingerprint density at radius 1 is 1.36 bits per heavy atom. The second-order valence-electron chi connectivity index (χ2n) is 5.09.